The third-order valence-electron chi connectivity index (χ3n) is 3.62. The Balaban J connectivity index is 2.42. The maximum Gasteiger partial charge on any atom is 0.161 e. The van der Waals surface area contributed by atoms with Crippen molar-refractivity contribution in [3.63, 3.8) is 0 Å². The standard InChI is InChI=1S/C19H17NO3/c1-22-18-8-7-16(13-19(18)23-2)17(10-12-21)15-5-3-14(4-6-15)9-11-20/h3-8,10,13,17H,9H2,1-2H3. The predicted molar refractivity (Wildman–Crippen MR) is 87.4 cm³/mol. The maximum atomic E-state index is 10.9. The molecule has 116 valence electrons. The van der Waals surface area contributed by atoms with Gasteiger partial charge in [0.05, 0.1) is 26.7 Å². The first-order valence-corrected chi connectivity index (χ1v) is 7.12. The molecule has 23 heavy (non-hydrogen) atoms. The van der Waals surface area contributed by atoms with Gasteiger partial charge in [0.1, 0.15) is 5.94 Å². The Bertz CT molecular complexity index is 753. The minimum absolute atomic E-state index is 0.233. The summed E-state index contributed by atoms with van der Waals surface area (Å²) in [6, 6.07) is 15.3. The van der Waals surface area contributed by atoms with Crippen LogP contribution in [-0.2, 0) is 11.2 Å². The quantitative estimate of drug-likeness (QED) is 0.768. The first-order chi connectivity index (χ1) is 11.2. The minimum atomic E-state index is -0.233. The van der Waals surface area contributed by atoms with Crippen molar-refractivity contribution >= 4 is 5.94 Å². The molecular formula is C19H17NO3. The average Bonchev–Trinajstić information content (AvgIpc) is 2.60. The summed E-state index contributed by atoms with van der Waals surface area (Å²) in [7, 11) is 3.15. The van der Waals surface area contributed by atoms with Gasteiger partial charge in [-0.05, 0) is 28.8 Å². The molecule has 1 atom stereocenters. The van der Waals surface area contributed by atoms with E-state index in [1.165, 1.54) is 6.08 Å². The SMILES string of the molecule is COc1ccc(C(C=C=O)c2ccc(CC#N)cc2)cc1OC. The zero-order valence-electron chi connectivity index (χ0n) is 13.1. The van der Waals surface area contributed by atoms with E-state index in [1.807, 2.05) is 48.4 Å². The molecule has 0 aliphatic carbocycles. The molecule has 1 unspecified atom stereocenters. The Morgan fingerprint density at radius 2 is 1.70 bits per heavy atom. The van der Waals surface area contributed by atoms with Crippen molar-refractivity contribution in [2.45, 2.75) is 12.3 Å². The highest BCUT2D eigenvalue weighted by molar-refractivity contribution is 5.55. The molecule has 4 heteroatoms. The van der Waals surface area contributed by atoms with Gasteiger partial charge in [-0.25, -0.2) is 4.79 Å². The van der Waals surface area contributed by atoms with Crippen LogP contribution in [0.1, 0.15) is 22.6 Å². The lowest BCUT2D eigenvalue weighted by Crippen LogP contribution is -2.00. The lowest BCUT2D eigenvalue weighted by Gasteiger charge is -2.15. The van der Waals surface area contributed by atoms with Crippen LogP contribution >= 0.6 is 0 Å². The molecule has 2 rings (SSSR count). The molecule has 2 aromatic carbocycles. The van der Waals surface area contributed by atoms with Crippen molar-refractivity contribution in [2.75, 3.05) is 14.2 Å². The summed E-state index contributed by atoms with van der Waals surface area (Å²) in [6.07, 6.45) is 1.84. The van der Waals surface area contributed by atoms with Gasteiger partial charge in [0.25, 0.3) is 0 Å². The van der Waals surface area contributed by atoms with E-state index in [1.54, 1.807) is 14.2 Å². The van der Waals surface area contributed by atoms with E-state index in [0.717, 1.165) is 16.7 Å². The number of nitriles is 1. The smallest absolute Gasteiger partial charge is 0.161 e. The molecule has 2 aromatic rings. The van der Waals surface area contributed by atoms with Gasteiger partial charge in [-0.1, -0.05) is 30.3 Å². The minimum Gasteiger partial charge on any atom is -0.493 e. The van der Waals surface area contributed by atoms with E-state index >= 15 is 0 Å². The van der Waals surface area contributed by atoms with Crippen molar-refractivity contribution in [2.24, 2.45) is 0 Å². The van der Waals surface area contributed by atoms with Gasteiger partial charge < -0.3 is 9.47 Å². The second-order valence-corrected chi connectivity index (χ2v) is 4.95. The van der Waals surface area contributed by atoms with Crippen LogP contribution in [0.2, 0.25) is 0 Å². The fourth-order valence-corrected chi connectivity index (χ4v) is 2.43. The zero-order chi connectivity index (χ0) is 16.7. The number of benzene rings is 2. The van der Waals surface area contributed by atoms with Gasteiger partial charge in [0.15, 0.2) is 11.5 Å². The summed E-state index contributed by atoms with van der Waals surface area (Å²) in [5.41, 5.74) is 2.79. The third-order valence-corrected chi connectivity index (χ3v) is 3.62. The zero-order valence-corrected chi connectivity index (χ0v) is 13.1. The molecule has 0 saturated heterocycles. The van der Waals surface area contributed by atoms with Crippen molar-refractivity contribution < 1.29 is 14.3 Å². The highest BCUT2D eigenvalue weighted by Gasteiger charge is 2.14. The van der Waals surface area contributed by atoms with Gasteiger partial charge >= 0.3 is 0 Å². The second kappa shape index (κ2) is 7.84. The molecule has 0 heterocycles. The molecule has 0 aromatic heterocycles. The Kier molecular flexibility index (Phi) is 5.57. The van der Waals surface area contributed by atoms with Crippen LogP contribution in [0.5, 0.6) is 11.5 Å². The predicted octanol–water partition coefficient (Wildman–Crippen LogP) is 3.29. The maximum absolute atomic E-state index is 10.9. The van der Waals surface area contributed by atoms with Crippen LogP contribution in [0.3, 0.4) is 0 Å². The van der Waals surface area contributed by atoms with Crippen LogP contribution in [-0.4, -0.2) is 20.2 Å². The van der Waals surface area contributed by atoms with Crippen LogP contribution < -0.4 is 9.47 Å². The Morgan fingerprint density at radius 3 is 2.26 bits per heavy atom. The van der Waals surface area contributed by atoms with Crippen molar-refractivity contribution in [3.8, 4) is 17.6 Å². The lowest BCUT2D eigenvalue weighted by molar-refractivity contribution is 0.354. The Morgan fingerprint density at radius 1 is 1.04 bits per heavy atom. The molecular weight excluding hydrogens is 290 g/mol. The molecule has 0 amide bonds. The number of allylic oxidation sites excluding steroid dienone is 1. The van der Waals surface area contributed by atoms with Crippen LogP contribution in [0.4, 0.5) is 0 Å². The molecule has 0 fully saturated rings. The van der Waals surface area contributed by atoms with Crippen LogP contribution in [0.25, 0.3) is 0 Å². The number of methoxy groups -OCH3 is 2. The Labute approximate surface area is 135 Å². The highest BCUT2D eigenvalue weighted by Crippen LogP contribution is 2.33. The third kappa shape index (κ3) is 3.79. The lowest BCUT2D eigenvalue weighted by atomic mass is 9.90. The Hall–Kier alpha value is -3.02. The summed E-state index contributed by atoms with van der Waals surface area (Å²) in [5, 5.41) is 8.73. The average molecular weight is 307 g/mol. The number of ether oxygens (including phenoxy) is 2. The highest BCUT2D eigenvalue weighted by atomic mass is 16.5. The first-order valence-electron chi connectivity index (χ1n) is 7.12. The number of rotatable bonds is 6. The molecule has 0 bridgehead atoms. The monoisotopic (exact) mass is 307 g/mol. The van der Waals surface area contributed by atoms with Crippen molar-refractivity contribution in [1.82, 2.24) is 0 Å². The molecule has 4 nitrogen and oxygen atoms in total. The van der Waals surface area contributed by atoms with E-state index in [-0.39, 0.29) is 5.92 Å². The van der Waals surface area contributed by atoms with Crippen LogP contribution in [0, 0.1) is 11.3 Å². The van der Waals surface area contributed by atoms with Gasteiger partial charge in [-0.15, -0.1) is 0 Å². The van der Waals surface area contributed by atoms with Crippen molar-refractivity contribution in [3.05, 3.63) is 65.2 Å². The number of hydrogen-bond acceptors (Lipinski definition) is 4. The fourth-order valence-electron chi connectivity index (χ4n) is 2.43. The van der Waals surface area contributed by atoms with E-state index in [4.69, 9.17) is 14.7 Å². The second-order valence-electron chi connectivity index (χ2n) is 4.95. The van der Waals surface area contributed by atoms with Crippen molar-refractivity contribution in [1.29, 1.82) is 5.26 Å². The van der Waals surface area contributed by atoms with E-state index in [0.29, 0.717) is 17.9 Å². The van der Waals surface area contributed by atoms with E-state index < -0.39 is 0 Å². The van der Waals surface area contributed by atoms with Gasteiger partial charge in [-0.2, -0.15) is 5.26 Å². The number of hydrogen-bond donors (Lipinski definition) is 0. The summed E-state index contributed by atoms with van der Waals surface area (Å²) >= 11 is 0. The topological polar surface area (TPSA) is 59.3 Å². The fraction of sp³-hybridized carbons (Fsp3) is 0.211. The largest absolute Gasteiger partial charge is 0.493 e. The summed E-state index contributed by atoms with van der Waals surface area (Å²) in [4.78, 5) is 10.9. The molecule has 0 spiro atoms. The summed E-state index contributed by atoms with van der Waals surface area (Å²) < 4.78 is 10.6. The number of nitrogens with zero attached hydrogens (tertiary/aromatic N) is 1. The molecule has 0 aliphatic rings. The van der Waals surface area contributed by atoms with E-state index in [9.17, 15) is 4.79 Å². The van der Waals surface area contributed by atoms with Crippen LogP contribution in [0.15, 0.2) is 48.5 Å². The number of carbonyl (C=O) groups excluding carboxylic acids is 1. The molecule has 0 radical (unpaired) electrons. The summed E-state index contributed by atoms with van der Waals surface area (Å²) in [5.74, 6) is 2.88. The molecule has 0 N–H and O–H groups in total. The van der Waals surface area contributed by atoms with E-state index in [2.05, 4.69) is 6.07 Å². The molecule has 0 saturated carbocycles. The van der Waals surface area contributed by atoms with Gasteiger partial charge in [-0.3, -0.25) is 0 Å². The van der Waals surface area contributed by atoms with Gasteiger partial charge in [0.2, 0.25) is 0 Å². The summed E-state index contributed by atoms with van der Waals surface area (Å²) in [6.45, 7) is 0. The van der Waals surface area contributed by atoms with Gasteiger partial charge in [0, 0.05) is 12.0 Å². The molecule has 0 aliphatic heterocycles. The first kappa shape index (κ1) is 16.4. The normalized spacial score (nSPS) is 11.0.